The van der Waals surface area contributed by atoms with E-state index in [4.69, 9.17) is 4.43 Å². The van der Waals surface area contributed by atoms with E-state index in [0.717, 1.165) is 12.2 Å². The van der Waals surface area contributed by atoms with E-state index in [9.17, 15) is 5.11 Å². The summed E-state index contributed by atoms with van der Waals surface area (Å²) in [7, 11) is -1.58. The molecule has 1 unspecified atom stereocenters. The van der Waals surface area contributed by atoms with Gasteiger partial charge in [-0.05, 0) is 28.6 Å². The van der Waals surface area contributed by atoms with E-state index in [-0.39, 0.29) is 11.6 Å². The van der Waals surface area contributed by atoms with Gasteiger partial charge in [-0.3, -0.25) is 0 Å². The topological polar surface area (TPSA) is 29.5 Å². The monoisotopic (exact) mass is 266 g/mol. The van der Waals surface area contributed by atoms with Crippen LogP contribution in [0.2, 0.25) is 5.04 Å². The van der Waals surface area contributed by atoms with E-state index in [0.29, 0.717) is 5.92 Å². The first-order valence-electron chi connectivity index (χ1n) is 6.75. The van der Waals surface area contributed by atoms with E-state index < -0.39 is 9.04 Å². The van der Waals surface area contributed by atoms with Gasteiger partial charge in [-0.2, -0.15) is 0 Å². The lowest BCUT2D eigenvalue weighted by Gasteiger charge is -2.37. The van der Waals surface area contributed by atoms with Gasteiger partial charge in [-0.25, -0.2) is 0 Å². The fraction of sp³-hybridized carbons (Fsp3) is 0.600. The van der Waals surface area contributed by atoms with E-state index in [1.807, 2.05) is 18.2 Å². The summed E-state index contributed by atoms with van der Waals surface area (Å²) in [4.78, 5) is 0. The van der Waals surface area contributed by atoms with Gasteiger partial charge >= 0.3 is 0 Å². The van der Waals surface area contributed by atoms with Gasteiger partial charge in [-0.15, -0.1) is 0 Å². The van der Waals surface area contributed by atoms with E-state index in [1.165, 1.54) is 5.19 Å². The Morgan fingerprint density at radius 2 is 1.89 bits per heavy atom. The molecule has 0 radical (unpaired) electrons. The van der Waals surface area contributed by atoms with Gasteiger partial charge in [0.25, 0.3) is 0 Å². The molecule has 102 valence electrons. The maximum atomic E-state index is 9.51. The normalized spacial score (nSPS) is 13.9. The van der Waals surface area contributed by atoms with Crippen molar-refractivity contribution < 1.29 is 9.53 Å². The van der Waals surface area contributed by atoms with Crippen LogP contribution in [0.15, 0.2) is 24.3 Å². The molecule has 0 saturated carbocycles. The van der Waals surface area contributed by atoms with Gasteiger partial charge in [-0.1, -0.05) is 52.0 Å². The molecule has 1 atom stereocenters. The van der Waals surface area contributed by atoms with Crippen LogP contribution in [0, 0.1) is 5.92 Å². The average Bonchev–Trinajstić information content (AvgIpc) is 2.35. The number of aliphatic hydroxyl groups is 1. The molecule has 0 aliphatic carbocycles. The Morgan fingerprint density at radius 3 is 2.39 bits per heavy atom. The molecule has 0 amide bonds. The summed E-state index contributed by atoms with van der Waals surface area (Å²) in [5.74, 6) is 0.562. The number of rotatable bonds is 6. The summed E-state index contributed by atoms with van der Waals surface area (Å²) in [6.07, 6.45) is 0. The highest BCUT2D eigenvalue weighted by atomic mass is 28.3. The first-order chi connectivity index (χ1) is 8.45. The van der Waals surface area contributed by atoms with Crippen LogP contribution >= 0.6 is 0 Å². The third-order valence-corrected chi connectivity index (χ3v) is 7.82. The molecule has 0 saturated heterocycles. The molecule has 1 aromatic carbocycles. The van der Waals surface area contributed by atoms with Crippen LogP contribution in [0.25, 0.3) is 0 Å². The predicted molar refractivity (Wildman–Crippen MR) is 79.7 cm³/mol. The summed E-state index contributed by atoms with van der Waals surface area (Å²) in [5, 5.41) is 10.9. The van der Waals surface area contributed by atoms with E-state index in [2.05, 4.69) is 40.7 Å². The highest BCUT2D eigenvalue weighted by molar-refractivity contribution is 6.70. The lowest BCUT2D eigenvalue weighted by molar-refractivity contribution is 0.280. The first kappa shape index (κ1) is 15.4. The molecular formula is C15H26O2Si. The maximum absolute atomic E-state index is 9.51. The van der Waals surface area contributed by atoms with Crippen molar-refractivity contribution in [2.45, 2.75) is 46.3 Å². The fourth-order valence-electron chi connectivity index (χ4n) is 2.11. The van der Waals surface area contributed by atoms with Crippen LogP contribution in [-0.2, 0) is 11.0 Å². The summed E-state index contributed by atoms with van der Waals surface area (Å²) < 4.78 is 6.12. The van der Waals surface area contributed by atoms with Gasteiger partial charge < -0.3 is 9.53 Å². The molecule has 0 fully saturated rings. The highest BCUT2D eigenvalue weighted by Gasteiger charge is 2.37. The molecule has 0 spiro atoms. The third-order valence-electron chi connectivity index (χ3n) is 4.01. The van der Waals surface area contributed by atoms with Gasteiger partial charge in [0.2, 0.25) is 9.04 Å². The lowest BCUT2D eigenvalue weighted by Crippen LogP contribution is -2.46. The Bertz CT molecular complexity index is 375. The van der Waals surface area contributed by atoms with Crippen molar-refractivity contribution in [1.82, 2.24) is 0 Å². The van der Waals surface area contributed by atoms with Gasteiger partial charge in [0, 0.05) is 6.61 Å². The van der Waals surface area contributed by atoms with Crippen LogP contribution in [0.1, 0.15) is 40.2 Å². The molecule has 18 heavy (non-hydrogen) atoms. The number of benzene rings is 1. The van der Waals surface area contributed by atoms with Crippen molar-refractivity contribution >= 4 is 14.2 Å². The van der Waals surface area contributed by atoms with Crippen molar-refractivity contribution in [3.63, 3.8) is 0 Å². The largest absolute Gasteiger partial charge is 0.415 e. The zero-order chi connectivity index (χ0) is 13.8. The van der Waals surface area contributed by atoms with Crippen molar-refractivity contribution in [2.24, 2.45) is 5.92 Å². The maximum Gasteiger partial charge on any atom is 0.214 e. The average molecular weight is 266 g/mol. The molecule has 0 aromatic heterocycles. The Hall–Kier alpha value is -0.643. The second-order valence-corrected chi connectivity index (χ2v) is 8.87. The minimum Gasteiger partial charge on any atom is -0.415 e. The van der Waals surface area contributed by atoms with Gasteiger partial charge in [0.15, 0.2) is 0 Å². The minimum absolute atomic E-state index is 0.0981. The summed E-state index contributed by atoms with van der Waals surface area (Å²) in [5.41, 5.74) is 1.02. The first-order valence-corrected chi connectivity index (χ1v) is 8.38. The Morgan fingerprint density at radius 1 is 1.28 bits per heavy atom. The predicted octanol–water partition coefficient (Wildman–Crippen LogP) is 2.58. The zero-order valence-corrected chi connectivity index (χ0v) is 13.4. The summed E-state index contributed by atoms with van der Waals surface area (Å²) in [6, 6.07) is 8.16. The lowest BCUT2D eigenvalue weighted by atomic mass is 9.99. The molecular weight excluding hydrogens is 240 g/mol. The Kier molecular flexibility index (Phi) is 5.57. The molecule has 3 heteroatoms. The molecule has 1 N–H and O–H groups in total. The van der Waals surface area contributed by atoms with E-state index >= 15 is 0 Å². The minimum atomic E-state index is -1.58. The van der Waals surface area contributed by atoms with Crippen molar-refractivity contribution in [1.29, 1.82) is 0 Å². The van der Waals surface area contributed by atoms with Crippen molar-refractivity contribution in [3.05, 3.63) is 29.8 Å². The molecule has 1 rings (SSSR count). The second-order valence-electron chi connectivity index (χ2n) is 5.67. The van der Waals surface area contributed by atoms with Crippen LogP contribution in [-0.4, -0.2) is 20.8 Å². The molecule has 2 nitrogen and oxygen atoms in total. The quantitative estimate of drug-likeness (QED) is 0.802. The highest BCUT2D eigenvalue weighted by Crippen LogP contribution is 2.37. The number of hydrogen-bond donors (Lipinski definition) is 1. The summed E-state index contributed by atoms with van der Waals surface area (Å²) >= 11 is 0. The zero-order valence-electron chi connectivity index (χ0n) is 12.2. The fourth-order valence-corrected chi connectivity index (χ4v) is 5.27. The van der Waals surface area contributed by atoms with Gasteiger partial charge in [0.1, 0.15) is 0 Å². The van der Waals surface area contributed by atoms with Gasteiger partial charge in [0.05, 0.1) is 6.61 Å². The van der Waals surface area contributed by atoms with Crippen molar-refractivity contribution in [2.75, 3.05) is 6.61 Å². The SMILES string of the molecule is CCO[SiH](c1ccccc1CO)C(C)(C)C(C)C. The molecule has 1 aromatic rings. The third kappa shape index (κ3) is 3.22. The van der Waals surface area contributed by atoms with Crippen LogP contribution in [0.4, 0.5) is 0 Å². The number of aliphatic hydroxyl groups excluding tert-OH is 1. The van der Waals surface area contributed by atoms with Crippen LogP contribution < -0.4 is 5.19 Å². The Labute approximate surface area is 113 Å². The molecule has 0 bridgehead atoms. The van der Waals surface area contributed by atoms with E-state index in [1.54, 1.807) is 0 Å². The number of hydrogen-bond acceptors (Lipinski definition) is 2. The molecule has 0 aliphatic heterocycles. The van der Waals surface area contributed by atoms with Crippen LogP contribution in [0.3, 0.4) is 0 Å². The Balaban J connectivity index is 3.19. The smallest absolute Gasteiger partial charge is 0.214 e. The molecule has 0 aliphatic rings. The van der Waals surface area contributed by atoms with Crippen LogP contribution in [0.5, 0.6) is 0 Å². The standard InChI is InChI=1S/C15H26O2Si/c1-6-17-18(15(4,5)12(2)3)14-10-8-7-9-13(14)11-16/h7-10,12,16,18H,6,11H2,1-5H3. The summed E-state index contributed by atoms with van der Waals surface area (Å²) in [6.45, 7) is 12.0. The molecule has 0 heterocycles. The van der Waals surface area contributed by atoms with Crippen molar-refractivity contribution in [3.8, 4) is 0 Å². The second kappa shape index (κ2) is 6.50.